The van der Waals surface area contributed by atoms with Crippen molar-refractivity contribution in [3.05, 3.63) is 70.5 Å². The standard InChI is InChI=1S/C16H18FN/c1-12-8-15(9-13(2)16(12)17)11-18-10-14-6-4-3-5-7-14/h3-9,18H,10-11H2,1-2H3. The largest absolute Gasteiger partial charge is 0.309 e. The van der Waals surface area contributed by atoms with E-state index in [1.165, 1.54) is 5.56 Å². The monoisotopic (exact) mass is 243 g/mol. The van der Waals surface area contributed by atoms with Gasteiger partial charge in [0.05, 0.1) is 0 Å². The number of halogens is 1. The second kappa shape index (κ2) is 5.78. The maximum absolute atomic E-state index is 13.5. The van der Waals surface area contributed by atoms with Crippen molar-refractivity contribution in [1.29, 1.82) is 0 Å². The maximum atomic E-state index is 13.5. The topological polar surface area (TPSA) is 12.0 Å². The van der Waals surface area contributed by atoms with Crippen LogP contribution in [0.4, 0.5) is 4.39 Å². The first-order chi connectivity index (χ1) is 8.66. The second-order valence-corrected chi connectivity index (χ2v) is 4.63. The van der Waals surface area contributed by atoms with Gasteiger partial charge in [-0.15, -0.1) is 0 Å². The minimum absolute atomic E-state index is 0.0955. The minimum atomic E-state index is -0.0955. The average molecular weight is 243 g/mol. The Kier molecular flexibility index (Phi) is 4.11. The zero-order valence-corrected chi connectivity index (χ0v) is 10.8. The highest BCUT2D eigenvalue weighted by Crippen LogP contribution is 2.14. The summed E-state index contributed by atoms with van der Waals surface area (Å²) in [6.45, 7) is 5.21. The van der Waals surface area contributed by atoms with E-state index in [2.05, 4.69) is 17.4 Å². The summed E-state index contributed by atoms with van der Waals surface area (Å²) in [6, 6.07) is 14.1. The molecule has 94 valence electrons. The average Bonchev–Trinajstić information content (AvgIpc) is 2.37. The molecule has 0 unspecified atom stereocenters. The Morgan fingerprint density at radius 3 is 2.06 bits per heavy atom. The van der Waals surface area contributed by atoms with Crippen molar-refractivity contribution in [3.63, 3.8) is 0 Å². The molecule has 2 aromatic rings. The minimum Gasteiger partial charge on any atom is -0.309 e. The number of aryl methyl sites for hydroxylation is 2. The van der Waals surface area contributed by atoms with E-state index in [1.807, 2.05) is 44.2 Å². The predicted molar refractivity (Wildman–Crippen MR) is 72.9 cm³/mol. The summed E-state index contributed by atoms with van der Waals surface area (Å²) < 4.78 is 13.5. The third kappa shape index (κ3) is 3.17. The lowest BCUT2D eigenvalue weighted by Crippen LogP contribution is -2.13. The van der Waals surface area contributed by atoms with Gasteiger partial charge in [0, 0.05) is 13.1 Å². The van der Waals surface area contributed by atoms with Crippen molar-refractivity contribution in [3.8, 4) is 0 Å². The van der Waals surface area contributed by atoms with Gasteiger partial charge in [-0.05, 0) is 36.1 Å². The van der Waals surface area contributed by atoms with Crippen molar-refractivity contribution >= 4 is 0 Å². The van der Waals surface area contributed by atoms with Crippen LogP contribution in [0.25, 0.3) is 0 Å². The van der Waals surface area contributed by atoms with Crippen LogP contribution in [0.1, 0.15) is 22.3 Å². The summed E-state index contributed by atoms with van der Waals surface area (Å²) >= 11 is 0. The molecule has 2 rings (SSSR count). The van der Waals surface area contributed by atoms with Crippen LogP contribution in [0.5, 0.6) is 0 Å². The number of hydrogen-bond donors (Lipinski definition) is 1. The Morgan fingerprint density at radius 1 is 0.889 bits per heavy atom. The third-order valence-electron chi connectivity index (χ3n) is 3.00. The summed E-state index contributed by atoms with van der Waals surface area (Å²) in [6.07, 6.45) is 0. The van der Waals surface area contributed by atoms with Crippen molar-refractivity contribution in [2.45, 2.75) is 26.9 Å². The highest BCUT2D eigenvalue weighted by Gasteiger charge is 2.03. The number of benzene rings is 2. The molecule has 0 saturated carbocycles. The lowest BCUT2D eigenvalue weighted by Gasteiger charge is -2.08. The van der Waals surface area contributed by atoms with E-state index in [0.717, 1.165) is 18.7 Å². The van der Waals surface area contributed by atoms with E-state index in [4.69, 9.17) is 0 Å². The van der Waals surface area contributed by atoms with Gasteiger partial charge in [-0.2, -0.15) is 0 Å². The van der Waals surface area contributed by atoms with Crippen LogP contribution in [0, 0.1) is 19.7 Å². The van der Waals surface area contributed by atoms with Crippen LogP contribution in [0.15, 0.2) is 42.5 Å². The van der Waals surface area contributed by atoms with E-state index in [-0.39, 0.29) is 5.82 Å². The number of hydrogen-bond acceptors (Lipinski definition) is 1. The molecule has 0 aliphatic rings. The molecule has 0 radical (unpaired) electrons. The molecule has 1 nitrogen and oxygen atoms in total. The quantitative estimate of drug-likeness (QED) is 0.862. The van der Waals surface area contributed by atoms with E-state index in [9.17, 15) is 4.39 Å². The van der Waals surface area contributed by atoms with E-state index < -0.39 is 0 Å². The Labute approximate surface area is 108 Å². The molecule has 2 heteroatoms. The Morgan fingerprint density at radius 2 is 1.44 bits per heavy atom. The van der Waals surface area contributed by atoms with Gasteiger partial charge in [-0.25, -0.2) is 4.39 Å². The first kappa shape index (κ1) is 12.8. The second-order valence-electron chi connectivity index (χ2n) is 4.63. The highest BCUT2D eigenvalue weighted by molar-refractivity contribution is 5.30. The molecular formula is C16H18FN. The van der Waals surface area contributed by atoms with Crippen molar-refractivity contribution in [2.75, 3.05) is 0 Å². The first-order valence-electron chi connectivity index (χ1n) is 6.17. The van der Waals surface area contributed by atoms with Crippen LogP contribution >= 0.6 is 0 Å². The van der Waals surface area contributed by atoms with Crippen molar-refractivity contribution in [1.82, 2.24) is 5.32 Å². The fourth-order valence-corrected chi connectivity index (χ4v) is 2.08. The van der Waals surface area contributed by atoms with Crippen molar-refractivity contribution < 1.29 is 4.39 Å². The van der Waals surface area contributed by atoms with Crippen molar-refractivity contribution in [2.24, 2.45) is 0 Å². The van der Waals surface area contributed by atoms with Gasteiger partial charge in [0.1, 0.15) is 5.82 Å². The first-order valence-corrected chi connectivity index (χ1v) is 6.17. The molecule has 0 amide bonds. The highest BCUT2D eigenvalue weighted by atomic mass is 19.1. The molecule has 0 fully saturated rings. The zero-order chi connectivity index (χ0) is 13.0. The van der Waals surface area contributed by atoms with Crippen LogP contribution in [0.2, 0.25) is 0 Å². The predicted octanol–water partition coefficient (Wildman–Crippen LogP) is 3.73. The summed E-state index contributed by atoms with van der Waals surface area (Å²) in [4.78, 5) is 0. The van der Waals surface area contributed by atoms with Crippen LogP contribution < -0.4 is 5.32 Å². The lowest BCUT2D eigenvalue weighted by atomic mass is 10.1. The summed E-state index contributed by atoms with van der Waals surface area (Å²) in [5, 5.41) is 3.37. The smallest absolute Gasteiger partial charge is 0.129 e. The van der Waals surface area contributed by atoms with Gasteiger partial charge in [0.25, 0.3) is 0 Å². The molecule has 0 aromatic heterocycles. The lowest BCUT2D eigenvalue weighted by molar-refractivity contribution is 0.606. The van der Waals surface area contributed by atoms with Gasteiger partial charge in [-0.3, -0.25) is 0 Å². The molecule has 0 aliphatic heterocycles. The van der Waals surface area contributed by atoms with E-state index in [0.29, 0.717) is 11.1 Å². The normalized spacial score (nSPS) is 10.6. The van der Waals surface area contributed by atoms with Gasteiger partial charge in [0.2, 0.25) is 0 Å². The van der Waals surface area contributed by atoms with Gasteiger partial charge < -0.3 is 5.32 Å². The molecule has 1 N–H and O–H groups in total. The fraction of sp³-hybridized carbons (Fsp3) is 0.250. The molecule has 0 aliphatic carbocycles. The summed E-state index contributed by atoms with van der Waals surface area (Å²) in [7, 11) is 0. The number of rotatable bonds is 4. The van der Waals surface area contributed by atoms with Crippen LogP contribution in [-0.2, 0) is 13.1 Å². The Balaban J connectivity index is 1.95. The number of nitrogens with one attached hydrogen (secondary N) is 1. The fourth-order valence-electron chi connectivity index (χ4n) is 2.08. The van der Waals surface area contributed by atoms with Gasteiger partial charge in [-0.1, -0.05) is 42.5 Å². The van der Waals surface area contributed by atoms with Crippen LogP contribution in [0.3, 0.4) is 0 Å². The molecule has 0 atom stereocenters. The third-order valence-corrected chi connectivity index (χ3v) is 3.00. The zero-order valence-electron chi connectivity index (χ0n) is 10.8. The summed E-state index contributed by atoms with van der Waals surface area (Å²) in [5.41, 5.74) is 3.81. The molecule has 0 heterocycles. The Hall–Kier alpha value is -1.67. The Bertz CT molecular complexity index is 497. The van der Waals surface area contributed by atoms with E-state index in [1.54, 1.807) is 0 Å². The molecule has 18 heavy (non-hydrogen) atoms. The molecular weight excluding hydrogens is 225 g/mol. The molecule has 0 spiro atoms. The molecule has 0 bridgehead atoms. The van der Waals surface area contributed by atoms with Crippen LogP contribution in [-0.4, -0.2) is 0 Å². The van der Waals surface area contributed by atoms with Gasteiger partial charge >= 0.3 is 0 Å². The maximum Gasteiger partial charge on any atom is 0.129 e. The van der Waals surface area contributed by atoms with Gasteiger partial charge in [0.15, 0.2) is 0 Å². The molecule has 2 aromatic carbocycles. The molecule has 0 saturated heterocycles. The van der Waals surface area contributed by atoms with E-state index >= 15 is 0 Å². The summed E-state index contributed by atoms with van der Waals surface area (Å²) in [5.74, 6) is -0.0955. The SMILES string of the molecule is Cc1cc(CNCc2ccccc2)cc(C)c1F.